The molecule has 1 N–H and O–H groups in total. The number of thiazole rings is 1. The van der Waals surface area contributed by atoms with Crippen molar-refractivity contribution in [2.75, 3.05) is 0 Å². The van der Waals surface area contributed by atoms with Crippen LogP contribution in [0.15, 0.2) is 41.8 Å². The smallest absolute Gasteiger partial charge is 0.416 e. The summed E-state index contributed by atoms with van der Waals surface area (Å²) in [6.45, 7) is 2.53. The average Bonchev–Trinajstić information content (AvgIpc) is 3.38. The normalized spacial score (nSPS) is 19.3. The van der Waals surface area contributed by atoms with Gasteiger partial charge in [-0.1, -0.05) is 6.07 Å². The summed E-state index contributed by atoms with van der Waals surface area (Å²) in [7, 11) is 0. The monoisotopic (exact) mass is 548 g/mol. The second-order valence-electron chi connectivity index (χ2n) is 8.57. The van der Waals surface area contributed by atoms with Crippen LogP contribution in [0, 0.1) is 5.82 Å². The maximum Gasteiger partial charge on any atom is 0.416 e. The van der Waals surface area contributed by atoms with Gasteiger partial charge < -0.3 is 9.84 Å². The molecule has 0 saturated carbocycles. The summed E-state index contributed by atoms with van der Waals surface area (Å²) in [6.07, 6.45) is -12.7. The molecule has 3 aromatic rings. The first-order valence-electron chi connectivity index (χ1n) is 10.8. The largest absolute Gasteiger partial charge is 0.439 e. The number of benzene rings is 2. The summed E-state index contributed by atoms with van der Waals surface area (Å²) >= 11 is 1.09. The molecule has 4 rings (SSSR count). The highest BCUT2D eigenvalue weighted by atomic mass is 32.1. The minimum absolute atomic E-state index is 0.0565. The van der Waals surface area contributed by atoms with E-state index >= 15 is 0 Å². The predicted octanol–water partition coefficient (Wildman–Crippen LogP) is 7.12. The first-order valence-corrected chi connectivity index (χ1v) is 11.7. The fourth-order valence-corrected chi connectivity index (χ4v) is 4.96. The number of halogens is 7. The van der Waals surface area contributed by atoms with E-state index in [9.17, 15) is 40.6 Å². The van der Waals surface area contributed by atoms with E-state index in [1.807, 2.05) is 0 Å². The number of cyclic esters (lactones) is 1. The molecular formula is C24H19F7N2O3S. The average molecular weight is 548 g/mol. The van der Waals surface area contributed by atoms with Crippen molar-refractivity contribution in [3.63, 3.8) is 0 Å². The Hall–Kier alpha value is -3.19. The standard InChI is InChI=1S/C24H19F7N2O3S/c1-11-20(13-5-16(24(29,30)31)8-17(25)7-13)36-22(35)33(11)9-14-6-15(23(26,27)28)3-4-18(14)21-32-19(10-37-21)12(2)34/h3-8,10-12,20,34H,9H2,1-2H3/t11-,12?,20-/m0/s1. The van der Waals surface area contributed by atoms with Crippen molar-refractivity contribution in [1.29, 1.82) is 0 Å². The molecule has 2 aromatic carbocycles. The Bertz CT molecular complexity index is 1320. The molecule has 5 nitrogen and oxygen atoms in total. The summed E-state index contributed by atoms with van der Waals surface area (Å²) in [5.74, 6) is -1.18. The van der Waals surface area contributed by atoms with Crippen LogP contribution in [0.3, 0.4) is 0 Å². The number of carbonyl (C=O) groups is 1. The third-order valence-corrected chi connectivity index (χ3v) is 6.82. The zero-order valence-electron chi connectivity index (χ0n) is 19.2. The van der Waals surface area contributed by atoms with Gasteiger partial charge in [0, 0.05) is 10.9 Å². The number of amides is 1. The summed E-state index contributed by atoms with van der Waals surface area (Å²) in [4.78, 5) is 18.0. The summed E-state index contributed by atoms with van der Waals surface area (Å²) < 4.78 is 99.0. The van der Waals surface area contributed by atoms with Crippen molar-refractivity contribution in [3.05, 3.63) is 75.5 Å². The van der Waals surface area contributed by atoms with E-state index in [1.165, 1.54) is 19.9 Å². The zero-order chi connectivity index (χ0) is 27.3. The molecule has 13 heteroatoms. The molecule has 198 valence electrons. The van der Waals surface area contributed by atoms with Gasteiger partial charge in [0.2, 0.25) is 0 Å². The molecule has 37 heavy (non-hydrogen) atoms. The van der Waals surface area contributed by atoms with Crippen LogP contribution in [0.4, 0.5) is 35.5 Å². The van der Waals surface area contributed by atoms with Gasteiger partial charge in [-0.15, -0.1) is 11.3 Å². The second-order valence-corrected chi connectivity index (χ2v) is 9.43. The van der Waals surface area contributed by atoms with Crippen molar-refractivity contribution in [2.45, 2.75) is 51.0 Å². The minimum Gasteiger partial charge on any atom is -0.439 e. The second kappa shape index (κ2) is 9.60. The van der Waals surface area contributed by atoms with Crippen molar-refractivity contribution in [3.8, 4) is 10.6 Å². The number of hydrogen-bond acceptors (Lipinski definition) is 5. The molecule has 1 aliphatic heterocycles. The molecular weight excluding hydrogens is 529 g/mol. The summed E-state index contributed by atoms with van der Waals surface area (Å²) in [5, 5.41) is 11.6. The molecule has 1 unspecified atom stereocenters. The molecule has 1 aromatic heterocycles. The van der Waals surface area contributed by atoms with Gasteiger partial charge in [0.15, 0.2) is 0 Å². The highest BCUT2D eigenvalue weighted by molar-refractivity contribution is 7.13. The molecule has 1 saturated heterocycles. The number of carbonyl (C=O) groups excluding carboxylic acids is 1. The number of nitrogens with zero attached hydrogens (tertiary/aromatic N) is 2. The van der Waals surface area contributed by atoms with E-state index in [0.717, 1.165) is 34.4 Å². The lowest BCUT2D eigenvalue weighted by Gasteiger charge is -2.23. The van der Waals surface area contributed by atoms with Crippen LogP contribution in [0.25, 0.3) is 10.6 Å². The third kappa shape index (κ3) is 5.57. The topological polar surface area (TPSA) is 62.7 Å². The lowest BCUT2D eigenvalue weighted by molar-refractivity contribution is -0.138. The van der Waals surface area contributed by atoms with Crippen molar-refractivity contribution in [1.82, 2.24) is 9.88 Å². The lowest BCUT2D eigenvalue weighted by atomic mass is 9.99. The fourth-order valence-electron chi connectivity index (χ4n) is 3.99. The van der Waals surface area contributed by atoms with Gasteiger partial charge in [-0.2, -0.15) is 26.3 Å². The molecule has 3 atom stereocenters. The van der Waals surface area contributed by atoms with E-state index in [-0.39, 0.29) is 23.2 Å². The number of aliphatic hydroxyl groups excluding tert-OH is 1. The lowest BCUT2D eigenvalue weighted by Crippen LogP contribution is -2.31. The predicted molar refractivity (Wildman–Crippen MR) is 119 cm³/mol. The molecule has 1 amide bonds. The number of ether oxygens (including phenoxy) is 1. The van der Waals surface area contributed by atoms with Crippen molar-refractivity contribution in [2.24, 2.45) is 0 Å². The van der Waals surface area contributed by atoms with E-state index in [1.54, 1.807) is 5.38 Å². The highest BCUT2D eigenvalue weighted by Gasteiger charge is 2.42. The Balaban J connectivity index is 1.70. The maximum atomic E-state index is 14.0. The number of hydrogen-bond donors (Lipinski definition) is 1. The Labute approximate surface area is 210 Å². The van der Waals surface area contributed by atoms with Gasteiger partial charge in [0.25, 0.3) is 0 Å². The fraction of sp³-hybridized carbons (Fsp3) is 0.333. The van der Waals surface area contributed by atoms with Gasteiger partial charge in [0.05, 0.1) is 35.5 Å². The van der Waals surface area contributed by atoms with Crippen LogP contribution in [0.1, 0.15) is 54.0 Å². The molecule has 0 radical (unpaired) electrons. The van der Waals surface area contributed by atoms with E-state index in [4.69, 9.17) is 4.74 Å². The molecule has 0 spiro atoms. The quantitative estimate of drug-likeness (QED) is 0.345. The molecule has 0 aliphatic carbocycles. The maximum absolute atomic E-state index is 14.0. The highest BCUT2D eigenvalue weighted by Crippen LogP contribution is 2.40. The van der Waals surface area contributed by atoms with E-state index < -0.39 is 53.6 Å². The van der Waals surface area contributed by atoms with Gasteiger partial charge in [-0.05, 0) is 55.3 Å². The van der Waals surface area contributed by atoms with Crippen molar-refractivity contribution < 1.29 is 45.4 Å². The van der Waals surface area contributed by atoms with Crippen LogP contribution in [-0.2, 0) is 23.6 Å². The molecule has 2 heterocycles. The van der Waals surface area contributed by atoms with Crippen LogP contribution in [0.5, 0.6) is 0 Å². The van der Waals surface area contributed by atoms with Crippen LogP contribution >= 0.6 is 11.3 Å². The van der Waals surface area contributed by atoms with E-state index in [0.29, 0.717) is 22.8 Å². The molecule has 1 aliphatic rings. The first-order chi connectivity index (χ1) is 17.1. The van der Waals surface area contributed by atoms with E-state index in [2.05, 4.69) is 4.98 Å². The third-order valence-electron chi connectivity index (χ3n) is 5.92. The first kappa shape index (κ1) is 26.9. The Morgan fingerprint density at radius 3 is 2.35 bits per heavy atom. The zero-order valence-corrected chi connectivity index (χ0v) is 20.0. The molecule has 1 fully saturated rings. The van der Waals surface area contributed by atoms with Gasteiger partial charge in [0.1, 0.15) is 16.9 Å². The summed E-state index contributed by atoms with van der Waals surface area (Å²) in [5.41, 5.74) is -1.83. The number of alkyl halides is 6. The van der Waals surface area contributed by atoms with Crippen molar-refractivity contribution >= 4 is 17.4 Å². The van der Waals surface area contributed by atoms with Crippen LogP contribution in [0.2, 0.25) is 0 Å². The number of rotatable bonds is 5. The number of aliphatic hydroxyl groups is 1. The van der Waals surface area contributed by atoms with Gasteiger partial charge >= 0.3 is 18.4 Å². The Kier molecular flexibility index (Phi) is 6.97. The Morgan fingerprint density at radius 2 is 1.76 bits per heavy atom. The SMILES string of the molecule is CC(O)c1csc(-c2ccc(C(F)(F)F)cc2CN2C(=O)O[C@H](c3cc(F)cc(C(F)(F)F)c3)[C@@H]2C)n1. The minimum atomic E-state index is -4.84. The summed E-state index contributed by atoms with van der Waals surface area (Å²) in [6, 6.07) is 3.78. The van der Waals surface area contributed by atoms with Crippen LogP contribution < -0.4 is 0 Å². The van der Waals surface area contributed by atoms with Gasteiger partial charge in [-0.25, -0.2) is 14.2 Å². The Morgan fingerprint density at radius 1 is 1.08 bits per heavy atom. The molecule has 0 bridgehead atoms. The van der Waals surface area contributed by atoms with Gasteiger partial charge in [-0.3, -0.25) is 4.90 Å². The number of aromatic nitrogens is 1. The van der Waals surface area contributed by atoms with Crippen LogP contribution in [-0.4, -0.2) is 27.1 Å².